The first-order valence-electron chi connectivity index (χ1n) is 7.27. The van der Waals surface area contributed by atoms with Gasteiger partial charge >= 0.3 is 0 Å². The van der Waals surface area contributed by atoms with Crippen molar-refractivity contribution in [2.45, 2.75) is 6.54 Å². The maximum atomic E-state index is 5.06. The summed E-state index contributed by atoms with van der Waals surface area (Å²) in [5.41, 5.74) is 2.28. The summed E-state index contributed by atoms with van der Waals surface area (Å²) in [5, 5.41) is 7.83. The van der Waals surface area contributed by atoms with Crippen LogP contribution in [0.2, 0.25) is 0 Å². The molecule has 114 valence electrons. The predicted molar refractivity (Wildman–Crippen MR) is 84.6 cm³/mol. The van der Waals surface area contributed by atoms with Crippen LogP contribution in [0.3, 0.4) is 0 Å². The number of benzene rings is 1. The molecule has 0 atom stereocenters. The molecule has 0 aliphatic rings. The van der Waals surface area contributed by atoms with Gasteiger partial charge in [-0.1, -0.05) is 18.2 Å². The number of hydrogen-bond donors (Lipinski definition) is 1. The standard InChI is InChI=1S/C16H24N4O/c1-19(10-11-21-2)9-8-17-12-15-13-18-20(14-15)16-6-4-3-5-7-16/h3-7,13-14,17H,8-12H2,1-2H3. The van der Waals surface area contributed by atoms with E-state index in [0.717, 1.165) is 38.5 Å². The Balaban J connectivity index is 1.71. The zero-order valence-corrected chi connectivity index (χ0v) is 12.8. The molecule has 2 aromatic rings. The zero-order valence-electron chi connectivity index (χ0n) is 12.8. The molecule has 0 unspecified atom stereocenters. The minimum Gasteiger partial charge on any atom is -0.383 e. The number of rotatable bonds is 9. The SMILES string of the molecule is COCCN(C)CCNCc1cnn(-c2ccccc2)c1. The number of methoxy groups -OCH3 is 1. The minimum absolute atomic E-state index is 0.778. The lowest BCUT2D eigenvalue weighted by molar-refractivity contribution is 0.161. The molecule has 1 aromatic carbocycles. The molecule has 0 aliphatic carbocycles. The quantitative estimate of drug-likeness (QED) is 0.711. The van der Waals surface area contributed by atoms with Crippen LogP contribution in [-0.4, -0.2) is 55.1 Å². The average molecular weight is 288 g/mol. The maximum Gasteiger partial charge on any atom is 0.0645 e. The van der Waals surface area contributed by atoms with Crippen LogP contribution in [0.4, 0.5) is 0 Å². The van der Waals surface area contributed by atoms with Crippen LogP contribution in [0.15, 0.2) is 42.7 Å². The fraction of sp³-hybridized carbons (Fsp3) is 0.438. The van der Waals surface area contributed by atoms with E-state index >= 15 is 0 Å². The Hall–Kier alpha value is -1.69. The first kappa shape index (κ1) is 15.7. The van der Waals surface area contributed by atoms with E-state index in [1.54, 1.807) is 7.11 Å². The van der Waals surface area contributed by atoms with E-state index in [1.807, 2.05) is 29.1 Å². The number of hydrogen-bond acceptors (Lipinski definition) is 4. The molecule has 0 bridgehead atoms. The molecule has 5 nitrogen and oxygen atoms in total. The third kappa shape index (κ3) is 5.30. The van der Waals surface area contributed by atoms with Gasteiger partial charge in [-0.25, -0.2) is 4.68 Å². The van der Waals surface area contributed by atoms with E-state index in [9.17, 15) is 0 Å². The Kier molecular flexibility index (Phi) is 6.40. The molecule has 1 N–H and O–H groups in total. The molecule has 0 spiro atoms. The first-order valence-corrected chi connectivity index (χ1v) is 7.27. The number of aromatic nitrogens is 2. The first-order chi connectivity index (χ1) is 10.3. The topological polar surface area (TPSA) is 42.3 Å². The third-order valence-electron chi connectivity index (χ3n) is 3.33. The number of para-hydroxylation sites is 1. The Morgan fingerprint density at radius 2 is 2.05 bits per heavy atom. The van der Waals surface area contributed by atoms with Crippen molar-refractivity contribution in [1.29, 1.82) is 0 Å². The Labute approximate surface area is 126 Å². The van der Waals surface area contributed by atoms with Crippen LogP contribution in [0.1, 0.15) is 5.56 Å². The van der Waals surface area contributed by atoms with Crippen molar-refractivity contribution in [1.82, 2.24) is 20.0 Å². The van der Waals surface area contributed by atoms with E-state index in [0.29, 0.717) is 0 Å². The summed E-state index contributed by atoms with van der Waals surface area (Å²) in [5.74, 6) is 0. The summed E-state index contributed by atoms with van der Waals surface area (Å²) in [4.78, 5) is 2.25. The van der Waals surface area contributed by atoms with Gasteiger partial charge in [0.25, 0.3) is 0 Å². The lowest BCUT2D eigenvalue weighted by Gasteiger charge is -2.15. The van der Waals surface area contributed by atoms with Gasteiger partial charge in [-0.05, 0) is 19.2 Å². The molecule has 0 amide bonds. The zero-order chi connectivity index (χ0) is 14.9. The predicted octanol–water partition coefficient (Wildman–Crippen LogP) is 1.54. The average Bonchev–Trinajstić information content (AvgIpc) is 2.99. The van der Waals surface area contributed by atoms with Crippen molar-refractivity contribution >= 4 is 0 Å². The normalized spacial score (nSPS) is 11.2. The lowest BCUT2D eigenvalue weighted by Crippen LogP contribution is -2.31. The van der Waals surface area contributed by atoms with Crippen LogP contribution in [0.5, 0.6) is 0 Å². The summed E-state index contributed by atoms with van der Waals surface area (Å²) < 4.78 is 6.96. The fourth-order valence-corrected chi connectivity index (χ4v) is 2.03. The second-order valence-electron chi connectivity index (χ2n) is 5.10. The van der Waals surface area contributed by atoms with Crippen LogP contribution in [-0.2, 0) is 11.3 Å². The van der Waals surface area contributed by atoms with E-state index in [4.69, 9.17) is 4.74 Å². The summed E-state index contributed by atoms with van der Waals surface area (Å²) in [7, 11) is 3.84. The van der Waals surface area contributed by atoms with E-state index in [2.05, 4.69) is 40.7 Å². The van der Waals surface area contributed by atoms with Crippen molar-refractivity contribution in [3.05, 3.63) is 48.3 Å². The molecule has 1 heterocycles. The number of nitrogens with one attached hydrogen (secondary N) is 1. The van der Waals surface area contributed by atoms with Gasteiger partial charge in [-0.2, -0.15) is 5.10 Å². The second-order valence-corrected chi connectivity index (χ2v) is 5.10. The monoisotopic (exact) mass is 288 g/mol. The van der Waals surface area contributed by atoms with Crippen molar-refractivity contribution in [2.75, 3.05) is 40.4 Å². The van der Waals surface area contributed by atoms with Crippen molar-refractivity contribution in [2.24, 2.45) is 0 Å². The molecule has 21 heavy (non-hydrogen) atoms. The van der Waals surface area contributed by atoms with Gasteiger partial charge in [0.2, 0.25) is 0 Å². The summed E-state index contributed by atoms with van der Waals surface area (Å²) in [6, 6.07) is 10.1. The molecule has 0 saturated heterocycles. The van der Waals surface area contributed by atoms with Crippen LogP contribution >= 0.6 is 0 Å². The van der Waals surface area contributed by atoms with Crippen molar-refractivity contribution in [3.63, 3.8) is 0 Å². The van der Waals surface area contributed by atoms with Crippen molar-refractivity contribution in [3.8, 4) is 5.69 Å². The van der Waals surface area contributed by atoms with Gasteiger partial charge in [-0.3, -0.25) is 0 Å². The summed E-state index contributed by atoms with van der Waals surface area (Å²) in [6.45, 7) is 4.54. The Bertz CT molecular complexity index is 512. The minimum atomic E-state index is 0.778. The molecule has 2 rings (SSSR count). The van der Waals surface area contributed by atoms with Gasteiger partial charge in [-0.15, -0.1) is 0 Å². The van der Waals surface area contributed by atoms with E-state index < -0.39 is 0 Å². The summed E-state index contributed by atoms with van der Waals surface area (Å²) in [6.07, 6.45) is 3.98. The molecular weight excluding hydrogens is 264 g/mol. The highest BCUT2D eigenvalue weighted by Gasteiger charge is 2.01. The maximum absolute atomic E-state index is 5.06. The highest BCUT2D eigenvalue weighted by atomic mass is 16.5. The van der Waals surface area contributed by atoms with Gasteiger partial charge in [0.15, 0.2) is 0 Å². The van der Waals surface area contributed by atoms with Gasteiger partial charge in [0.1, 0.15) is 0 Å². The Morgan fingerprint density at radius 1 is 1.24 bits per heavy atom. The number of nitrogens with zero attached hydrogens (tertiary/aromatic N) is 3. The fourth-order valence-electron chi connectivity index (χ4n) is 2.03. The van der Waals surface area contributed by atoms with E-state index in [1.165, 1.54) is 5.56 Å². The number of likely N-dealkylation sites (N-methyl/N-ethyl adjacent to an activating group) is 1. The second kappa shape index (κ2) is 8.56. The van der Waals surface area contributed by atoms with Crippen molar-refractivity contribution < 1.29 is 4.74 Å². The van der Waals surface area contributed by atoms with Gasteiger partial charge in [0, 0.05) is 45.0 Å². The van der Waals surface area contributed by atoms with E-state index in [-0.39, 0.29) is 0 Å². The largest absolute Gasteiger partial charge is 0.383 e. The van der Waals surface area contributed by atoms with Gasteiger partial charge < -0.3 is 15.0 Å². The molecular formula is C16H24N4O. The van der Waals surface area contributed by atoms with Crippen LogP contribution in [0, 0.1) is 0 Å². The molecule has 0 aliphatic heterocycles. The number of ether oxygens (including phenoxy) is 1. The molecule has 1 aromatic heterocycles. The smallest absolute Gasteiger partial charge is 0.0645 e. The molecule has 0 radical (unpaired) electrons. The summed E-state index contributed by atoms with van der Waals surface area (Å²) >= 11 is 0. The highest BCUT2D eigenvalue weighted by molar-refractivity contribution is 5.30. The van der Waals surface area contributed by atoms with Crippen LogP contribution < -0.4 is 5.32 Å². The lowest BCUT2D eigenvalue weighted by atomic mass is 10.3. The Morgan fingerprint density at radius 3 is 2.81 bits per heavy atom. The van der Waals surface area contributed by atoms with Crippen LogP contribution in [0.25, 0.3) is 5.69 Å². The third-order valence-corrected chi connectivity index (χ3v) is 3.33. The molecule has 0 saturated carbocycles. The highest BCUT2D eigenvalue weighted by Crippen LogP contribution is 2.07. The van der Waals surface area contributed by atoms with Gasteiger partial charge in [0.05, 0.1) is 18.5 Å². The molecule has 0 fully saturated rings. The molecule has 5 heteroatoms.